The van der Waals surface area contributed by atoms with E-state index in [1.807, 2.05) is 6.92 Å². The minimum absolute atomic E-state index is 0.188. The van der Waals surface area contributed by atoms with E-state index < -0.39 is 10.2 Å². The summed E-state index contributed by atoms with van der Waals surface area (Å²) < 4.78 is 27.5. The highest BCUT2D eigenvalue weighted by Crippen LogP contribution is 2.28. The van der Waals surface area contributed by atoms with Crippen LogP contribution in [0.2, 0.25) is 0 Å². The molecule has 0 spiro atoms. The summed E-state index contributed by atoms with van der Waals surface area (Å²) in [5.74, 6) is 0. The summed E-state index contributed by atoms with van der Waals surface area (Å²) in [4.78, 5) is 0. The lowest BCUT2D eigenvalue weighted by Gasteiger charge is -2.21. The normalized spacial score (nSPS) is 17.6. The summed E-state index contributed by atoms with van der Waals surface area (Å²) >= 11 is 0. The van der Waals surface area contributed by atoms with Gasteiger partial charge in [0.2, 0.25) is 0 Å². The Balaban J connectivity index is 2.55. The van der Waals surface area contributed by atoms with E-state index in [1.165, 1.54) is 4.31 Å². The molecular formula is C8H19N3O2S. The van der Waals surface area contributed by atoms with Gasteiger partial charge in [0, 0.05) is 25.7 Å². The van der Waals surface area contributed by atoms with Crippen molar-refractivity contribution in [3.8, 4) is 0 Å². The van der Waals surface area contributed by atoms with Gasteiger partial charge in [-0.25, -0.2) is 4.72 Å². The maximum Gasteiger partial charge on any atom is 0.279 e. The summed E-state index contributed by atoms with van der Waals surface area (Å²) in [6.07, 6.45) is 2.74. The van der Waals surface area contributed by atoms with E-state index in [-0.39, 0.29) is 6.04 Å². The quantitative estimate of drug-likeness (QED) is 0.617. The Labute approximate surface area is 85.8 Å². The van der Waals surface area contributed by atoms with Crippen LogP contribution >= 0.6 is 0 Å². The SMILES string of the molecule is CCCNS(=O)(=O)N(CCN)C1CC1. The first-order chi connectivity index (χ1) is 6.61. The Bertz CT molecular complexity index is 262. The third kappa shape index (κ3) is 3.20. The summed E-state index contributed by atoms with van der Waals surface area (Å²) in [5, 5.41) is 0. The van der Waals surface area contributed by atoms with Crippen molar-refractivity contribution in [2.75, 3.05) is 19.6 Å². The average molecular weight is 221 g/mol. The van der Waals surface area contributed by atoms with Gasteiger partial charge in [0.15, 0.2) is 0 Å². The van der Waals surface area contributed by atoms with Gasteiger partial charge >= 0.3 is 0 Å². The second-order valence-corrected chi connectivity index (χ2v) is 5.24. The summed E-state index contributed by atoms with van der Waals surface area (Å²) in [7, 11) is -3.28. The molecule has 1 fully saturated rings. The number of hydrogen-bond donors (Lipinski definition) is 2. The number of nitrogens with two attached hydrogens (primary N) is 1. The Morgan fingerprint density at radius 3 is 2.57 bits per heavy atom. The highest BCUT2D eigenvalue weighted by molar-refractivity contribution is 7.87. The minimum Gasteiger partial charge on any atom is -0.329 e. The number of hydrogen-bond acceptors (Lipinski definition) is 3. The van der Waals surface area contributed by atoms with Crippen LogP contribution in [0.3, 0.4) is 0 Å². The number of nitrogens with zero attached hydrogens (tertiary/aromatic N) is 1. The van der Waals surface area contributed by atoms with Gasteiger partial charge < -0.3 is 5.73 Å². The van der Waals surface area contributed by atoms with Crippen LogP contribution in [0.5, 0.6) is 0 Å². The Hall–Kier alpha value is -0.170. The fourth-order valence-electron chi connectivity index (χ4n) is 1.30. The standard InChI is InChI=1S/C8H19N3O2S/c1-2-6-10-14(12,13)11(7-5-9)8-3-4-8/h8,10H,2-7,9H2,1H3. The van der Waals surface area contributed by atoms with Crippen LogP contribution in [0.15, 0.2) is 0 Å². The van der Waals surface area contributed by atoms with Crippen LogP contribution in [0.25, 0.3) is 0 Å². The third-order valence-corrected chi connectivity index (χ3v) is 3.81. The molecule has 0 amide bonds. The molecule has 5 nitrogen and oxygen atoms in total. The predicted molar refractivity (Wildman–Crippen MR) is 56.0 cm³/mol. The molecule has 0 aromatic heterocycles. The monoisotopic (exact) mass is 221 g/mol. The van der Waals surface area contributed by atoms with Crippen molar-refractivity contribution in [2.45, 2.75) is 32.2 Å². The van der Waals surface area contributed by atoms with Gasteiger partial charge in [-0.05, 0) is 19.3 Å². The van der Waals surface area contributed by atoms with Crippen LogP contribution in [-0.2, 0) is 10.2 Å². The smallest absolute Gasteiger partial charge is 0.279 e. The molecule has 1 saturated carbocycles. The molecule has 0 radical (unpaired) electrons. The third-order valence-electron chi connectivity index (χ3n) is 2.15. The van der Waals surface area contributed by atoms with Crippen molar-refractivity contribution in [3.63, 3.8) is 0 Å². The van der Waals surface area contributed by atoms with Gasteiger partial charge in [-0.3, -0.25) is 0 Å². The van der Waals surface area contributed by atoms with Crippen LogP contribution in [0.4, 0.5) is 0 Å². The lowest BCUT2D eigenvalue weighted by molar-refractivity contribution is 0.403. The van der Waals surface area contributed by atoms with Crippen molar-refractivity contribution in [1.82, 2.24) is 9.03 Å². The van der Waals surface area contributed by atoms with Gasteiger partial charge in [-0.15, -0.1) is 0 Å². The van der Waals surface area contributed by atoms with E-state index in [1.54, 1.807) is 0 Å². The van der Waals surface area contributed by atoms with E-state index in [0.717, 1.165) is 19.3 Å². The molecule has 84 valence electrons. The Morgan fingerprint density at radius 1 is 1.50 bits per heavy atom. The van der Waals surface area contributed by atoms with Crippen LogP contribution in [-0.4, -0.2) is 38.4 Å². The van der Waals surface area contributed by atoms with Crippen molar-refractivity contribution < 1.29 is 8.42 Å². The Kier molecular flexibility index (Phi) is 4.31. The zero-order valence-electron chi connectivity index (χ0n) is 8.57. The van der Waals surface area contributed by atoms with Crippen molar-refractivity contribution >= 4 is 10.2 Å². The lowest BCUT2D eigenvalue weighted by atomic mass is 10.5. The van der Waals surface area contributed by atoms with E-state index in [9.17, 15) is 8.42 Å². The van der Waals surface area contributed by atoms with Gasteiger partial charge in [0.25, 0.3) is 10.2 Å². The summed E-state index contributed by atoms with van der Waals surface area (Å²) in [5.41, 5.74) is 5.39. The topological polar surface area (TPSA) is 75.4 Å². The molecule has 0 unspecified atom stereocenters. The molecule has 0 aromatic rings. The van der Waals surface area contributed by atoms with Gasteiger partial charge in [-0.2, -0.15) is 12.7 Å². The molecule has 0 saturated heterocycles. The molecule has 3 N–H and O–H groups in total. The van der Waals surface area contributed by atoms with Gasteiger partial charge in [-0.1, -0.05) is 6.92 Å². The zero-order valence-corrected chi connectivity index (χ0v) is 9.39. The molecule has 0 heterocycles. The maximum absolute atomic E-state index is 11.7. The van der Waals surface area contributed by atoms with Crippen molar-refractivity contribution in [3.05, 3.63) is 0 Å². The minimum atomic E-state index is -3.28. The lowest BCUT2D eigenvalue weighted by Crippen LogP contribution is -2.44. The highest BCUT2D eigenvalue weighted by Gasteiger charge is 2.36. The molecule has 0 bridgehead atoms. The van der Waals surface area contributed by atoms with Gasteiger partial charge in [0.1, 0.15) is 0 Å². The fraction of sp³-hybridized carbons (Fsp3) is 1.00. The molecule has 1 rings (SSSR count). The first-order valence-electron chi connectivity index (χ1n) is 5.08. The second-order valence-electron chi connectivity index (χ2n) is 3.53. The number of nitrogens with one attached hydrogen (secondary N) is 1. The molecule has 0 aromatic carbocycles. The molecular weight excluding hydrogens is 202 g/mol. The zero-order chi connectivity index (χ0) is 10.6. The molecule has 0 aliphatic heterocycles. The summed E-state index contributed by atoms with van der Waals surface area (Å²) in [6.45, 7) is 3.23. The van der Waals surface area contributed by atoms with Crippen LogP contribution < -0.4 is 10.5 Å². The largest absolute Gasteiger partial charge is 0.329 e. The second kappa shape index (κ2) is 5.06. The van der Waals surface area contributed by atoms with Crippen LogP contribution in [0, 0.1) is 0 Å². The average Bonchev–Trinajstić information content (AvgIpc) is 2.94. The van der Waals surface area contributed by atoms with E-state index in [2.05, 4.69) is 4.72 Å². The van der Waals surface area contributed by atoms with Crippen LogP contribution in [0.1, 0.15) is 26.2 Å². The number of rotatable bonds is 7. The molecule has 6 heteroatoms. The van der Waals surface area contributed by atoms with Crippen molar-refractivity contribution in [2.24, 2.45) is 5.73 Å². The first kappa shape index (κ1) is 11.9. The van der Waals surface area contributed by atoms with E-state index >= 15 is 0 Å². The molecule has 1 aliphatic carbocycles. The predicted octanol–water partition coefficient (Wildman–Crippen LogP) is -0.346. The van der Waals surface area contributed by atoms with Gasteiger partial charge in [0.05, 0.1) is 0 Å². The summed E-state index contributed by atoms with van der Waals surface area (Å²) in [6, 6.07) is 0.188. The first-order valence-corrected chi connectivity index (χ1v) is 6.52. The molecule has 14 heavy (non-hydrogen) atoms. The van der Waals surface area contributed by atoms with Crippen molar-refractivity contribution in [1.29, 1.82) is 0 Å². The van der Waals surface area contributed by atoms with E-state index in [0.29, 0.717) is 19.6 Å². The molecule has 0 atom stereocenters. The van der Waals surface area contributed by atoms with E-state index in [4.69, 9.17) is 5.73 Å². The fourth-order valence-corrected chi connectivity index (χ4v) is 2.88. The maximum atomic E-state index is 11.7. The highest BCUT2D eigenvalue weighted by atomic mass is 32.2. The Morgan fingerprint density at radius 2 is 2.14 bits per heavy atom. The molecule has 1 aliphatic rings.